The van der Waals surface area contributed by atoms with E-state index in [1.807, 2.05) is 18.2 Å². The van der Waals surface area contributed by atoms with Gasteiger partial charge in [0.1, 0.15) is 0 Å². The molecule has 0 fully saturated rings. The Balaban J connectivity index is 0.000000810. The second-order valence-electron chi connectivity index (χ2n) is 2.02. The zero-order chi connectivity index (χ0) is 6.53. The normalized spacial score (nSPS) is 8.50. The minimum Gasteiger partial charge on any atom is -0.330 e. The van der Waals surface area contributed by atoms with Crippen molar-refractivity contribution in [1.82, 2.24) is 0 Å². The molecule has 1 rings (SSSR count). The molecule has 0 heterocycles. The zero-order valence-electron chi connectivity index (χ0n) is 6.38. The van der Waals surface area contributed by atoms with Crippen LogP contribution in [-0.2, 0) is 6.42 Å². The van der Waals surface area contributed by atoms with E-state index in [2.05, 4.69) is 12.1 Å². The Hall–Kier alpha value is 0.180. The van der Waals surface area contributed by atoms with Crippen LogP contribution in [0, 0.1) is 0 Å². The summed E-state index contributed by atoms with van der Waals surface area (Å²) >= 11 is 0. The van der Waals surface area contributed by atoms with Gasteiger partial charge in [-0.2, -0.15) is 0 Å². The molecule has 0 saturated carbocycles. The summed E-state index contributed by atoms with van der Waals surface area (Å²) in [6.45, 7) is 0.740. The number of hydrogen-bond acceptors (Lipinski definition) is 1. The Morgan fingerprint density at radius 3 is 2.20 bits per heavy atom. The van der Waals surface area contributed by atoms with Crippen LogP contribution in [-0.4, -0.2) is 36.1 Å². The van der Waals surface area contributed by atoms with Crippen molar-refractivity contribution < 1.29 is 0 Å². The Morgan fingerprint density at radius 2 is 1.70 bits per heavy atom. The molecule has 0 aliphatic carbocycles. The smallest absolute Gasteiger partial charge is 0 e. The average Bonchev–Trinajstić information content (AvgIpc) is 1.91. The van der Waals surface area contributed by atoms with Crippen molar-refractivity contribution in [2.24, 2.45) is 5.73 Å². The monoisotopic (exact) mass is 144 g/mol. The van der Waals surface area contributed by atoms with Gasteiger partial charge in [-0.25, -0.2) is 0 Å². The molecule has 0 atom stereocenters. The van der Waals surface area contributed by atoms with Crippen molar-refractivity contribution in [3.63, 3.8) is 0 Å². The van der Waals surface area contributed by atoms with Gasteiger partial charge in [0.15, 0.2) is 0 Å². The number of nitrogens with two attached hydrogens (primary N) is 1. The SMILES string of the molecule is NCCc1ccccc1.[Na]. The molecule has 0 saturated heterocycles. The molecule has 0 spiro atoms. The van der Waals surface area contributed by atoms with Gasteiger partial charge in [-0.15, -0.1) is 0 Å². The summed E-state index contributed by atoms with van der Waals surface area (Å²) in [4.78, 5) is 0. The van der Waals surface area contributed by atoms with Gasteiger partial charge >= 0.3 is 0 Å². The largest absolute Gasteiger partial charge is 0.330 e. The minimum absolute atomic E-state index is 0. The third kappa shape index (κ3) is 3.37. The van der Waals surface area contributed by atoms with Gasteiger partial charge in [-0.05, 0) is 18.5 Å². The van der Waals surface area contributed by atoms with E-state index in [1.165, 1.54) is 5.56 Å². The van der Waals surface area contributed by atoms with Crippen LogP contribution in [0.4, 0.5) is 0 Å². The van der Waals surface area contributed by atoms with E-state index in [9.17, 15) is 0 Å². The van der Waals surface area contributed by atoms with Crippen LogP contribution in [0.15, 0.2) is 30.3 Å². The predicted molar refractivity (Wildman–Crippen MR) is 45.0 cm³/mol. The minimum atomic E-state index is 0. The van der Waals surface area contributed by atoms with Gasteiger partial charge < -0.3 is 5.73 Å². The fourth-order valence-corrected chi connectivity index (χ4v) is 0.811. The number of rotatable bonds is 2. The first kappa shape index (κ1) is 10.2. The molecular formula is C8H11NNa. The molecular weight excluding hydrogens is 133 g/mol. The first-order chi connectivity index (χ1) is 4.43. The summed E-state index contributed by atoms with van der Waals surface area (Å²) in [6.07, 6.45) is 0.987. The fourth-order valence-electron chi connectivity index (χ4n) is 0.811. The molecule has 1 aromatic carbocycles. The molecule has 0 unspecified atom stereocenters. The molecule has 1 aromatic rings. The molecule has 2 heteroatoms. The van der Waals surface area contributed by atoms with Crippen molar-refractivity contribution in [1.29, 1.82) is 0 Å². The van der Waals surface area contributed by atoms with Crippen LogP contribution in [0.2, 0.25) is 0 Å². The summed E-state index contributed by atoms with van der Waals surface area (Å²) in [5, 5.41) is 0. The van der Waals surface area contributed by atoms with Crippen LogP contribution in [0.5, 0.6) is 0 Å². The molecule has 0 bridgehead atoms. The summed E-state index contributed by atoms with van der Waals surface area (Å²) in [7, 11) is 0. The van der Waals surface area contributed by atoms with E-state index in [1.54, 1.807) is 0 Å². The zero-order valence-corrected chi connectivity index (χ0v) is 8.38. The number of benzene rings is 1. The summed E-state index contributed by atoms with van der Waals surface area (Å²) in [6, 6.07) is 10.3. The van der Waals surface area contributed by atoms with Crippen LogP contribution >= 0.6 is 0 Å². The van der Waals surface area contributed by atoms with Crippen molar-refractivity contribution in [3.05, 3.63) is 35.9 Å². The van der Waals surface area contributed by atoms with E-state index in [-0.39, 0.29) is 29.6 Å². The Morgan fingerprint density at radius 1 is 1.10 bits per heavy atom. The standard InChI is InChI=1S/C8H11N.Na/c9-7-6-8-4-2-1-3-5-8;/h1-5H,6-7,9H2;. The van der Waals surface area contributed by atoms with Gasteiger partial charge in [0, 0.05) is 29.6 Å². The molecule has 2 N–H and O–H groups in total. The van der Waals surface area contributed by atoms with Crippen molar-refractivity contribution >= 4 is 29.6 Å². The van der Waals surface area contributed by atoms with Gasteiger partial charge in [0.2, 0.25) is 0 Å². The molecule has 0 aromatic heterocycles. The van der Waals surface area contributed by atoms with Gasteiger partial charge in [0.25, 0.3) is 0 Å². The van der Waals surface area contributed by atoms with Gasteiger partial charge in [-0.3, -0.25) is 0 Å². The maximum atomic E-state index is 5.36. The Labute approximate surface area is 83.9 Å². The topological polar surface area (TPSA) is 26.0 Å². The van der Waals surface area contributed by atoms with Crippen LogP contribution in [0.25, 0.3) is 0 Å². The first-order valence-electron chi connectivity index (χ1n) is 3.17. The van der Waals surface area contributed by atoms with E-state index < -0.39 is 0 Å². The van der Waals surface area contributed by atoms with Crippen molar-refractivity contribution in [3.8, 4) is 0 Å². The summed E-state index contributed by atoms with van der Waals surface area (Å²) in [5.41, 5.74) is 6.68. The molecule has 49 valence electrons. The maximum Gasteiger partial charge on any atom is 0 e. The summed E-state index contributed by atoms with van der Waals surface area (Å²) in [5.74, 6) is 0. The molecule has 1 radical (unpaired) electrons. The van der Waals surface area contributed by atoms with Gasteiger partial charge in [0.05, 0.1) is 0 Å². The molecule has 1 nitrogen and oxygen atoms in total. The second-order valence-corrected chi connectivity index (χ2v) is 2.02. The third-order valence-electron chi connectivity index (χ3n) is 1.28. The molecule has 0 aliphatic rings. The van der Waals surface area contributed by atoms with E-state index >= 15 is 0 Å². The molecule has 10 heavy (non-hydrogen) atoms. The molecule has 0 aliphatic heterocycles. The third-order valence-corrected chi connectivity index (χ3v) is 1.28. The van der Waals surface area contributed by atoms with Crippen LogP contribution < -0.4 is 5.73 Å². The average molecular weight is 144 g/mol. The predicted octanol–water partition coefficient (Wildman–Crippen LogP) is 0.807. The van der Waals surface area contributed by atoms with Crippen molar-refractivity contribution in [2.45, 2.75) is 6.42 Å². The maximum absolute atomic E-state index is 5.36. The van der Waals surface area contributed by atoms with Crippen LogP contribution in [0.1, 0.15) is 5.56 Å². The van der Waals surface area contributed by atoms with E-state index in [0.29, 0.717) is 0 Å². The quantitative estimate of drug-likeness (QED) is 0.611. The van der Waals surface area contributed by atoms with Crippen molar-refractivity contribution in [2.75, 3.05) is 6.54 Å². The number of hydrogen-bond donors (Lipinski definition) is 1. The molecule has 0 amide bonds. The van der Waals surface area contributed by atoms with Crippen LogP contribution in [0.3, 0.4) is 0 Å². The van der Waals surface area contributed by atoms with Gasteiger partial charge in [-0.1, -0.05) is 30.3 Å². The first-order valence-corrected chi connectivity index (χ1v) is 3.17. The van der Waals surface area contributed by atoms with E-state index in [0.717, 1.165) is 13.0 Å². The fraction of sp³-hybridized carbons (Fsp3) is 0.250. The Bertz CT molecular complexity index is 162. The Kier molecular flexibility index (Phi) is 6.03. The summed E-state index contributed by atoms with van der Waals surface area (Å²) < 4.78 is 0. The van der Waals surface area contributed by atoms with E-state index in [4.69, 9.17) is 5.73 Å². The second kappa shape index (κ2) is 5.93.